The molecule has 0 aromatic rings. The third kappa shape index (κ3) is 35.6. The van der Waals surface area contributed by atoms with Crippen LogP contribution < -0.4 is 0 Å². The quantitative estimate of drug-likeness (QED) is 0.0552. The molecule has 0 aromatic carbocycles. The lowest BCUT2D eigenvalue weighted by molar-refractivity contribution is -0.161. The van der Waals surface area contributed by atoms with E-state index in [0.29, 0.717) is 12.8 Å². The summed E-state index contributed by atoms with van der Waals surface area (Å²) >= 11 is 0. The maximum absolute atomic E-state index is 12.2. The van der Waals surface area contributed by atoms with Gasteiger partial charge in [-0.05, 0) is 24.7 Å². The van der Waals surface area contributed by atoms with Gasteiger partial charge in [0.25, 0.3) is 0 Å². The van der Waals surface area contributed by atoms with E-state index in [1.807, 2.05) is 0 Å². The summed E-state index contributed by atoms with van der Waals surface area (Å²) in [5, 5.41) is 9.55. The van der Waals surface area contributed by atoms with E-state index in [-0.39, 0.29) is 25.2 Å². The average molecular weight is 639 g/mol. The molecule has 5 heteroatoms. The number of rotatable bonds is 35. The van der Waals surface area contributed by atoms with Crippen LogP contribution in [0.25, 0.3) is 0 Å². The Morgan fingerprint density at radius 3 is 1.04 bits per heavy atom. The SMILES string of the molecule is CC(C)CCCCCCCCCCCCCCCCCC(=O)O[C@@H](CO)COC(=O)CCCCCCCCCCCCC(C)C. The van der Waals surface area contributed by atoms with Crippen LogP contribution in [-0.4, -0.2) is 36.4 Å². The van der Waals surface area contributed by atoms with Crippen LogP contribution in [0.1, 0.15) is 214 Å². The second-order valence-electron chi connectivity index (χ2n) is 14.7. The van der Waals surface area contributed by atoms with E-state index in [1.54, 1.807) is 0 Å². The lowest BCUT2D eigenvalue weighted by Gasteiger charge is -2.15. The van der Waals surface area contributed by atoms with Gasteiger partial charge in [-0.3, -0.25) is 9.59 Å². The first kappa shape index (κ1) is 43.9. The smallest absolute Gasteiger partial charge is 0.306 e. The van der Waals surface area contributed by atoms with E-state index in [9.17, 15) is 14.7 Å². The summed E-state index contributed by atoms with van der Waals surface area (Å²) in [7, 11) is 0. The Balaban J connectivity index is 3.50. The molecular weight excluding hydrogens is 560 g/mol. The fourth-order valence-corrected chi connectivity index (χ4v) is 5.98. The highest BCUT2D eigenvalue weighted by Crippen LogP contribution is 2.16. The van der Waals surface area contributed by atoms with E-state index in [1.165, 1.54) is 135 Å². The van der Waals surface area contributed by atoms with Crippen molar-refractivity contribution in [2.45, 2.75) is 220 Å². The predicted molar refractivity (Wildman–Crippen MR) is 191 cm³/mol. The van der Waals surface area contributed by atoms with Crippen molar-refractivity contribution in [1.82, 2.24) is 0 Å². The summed E-state index contributed by atoms with van der Waals surface area (Å²) in [6, 6.07) is 0. The van der Waals surface area contributed by atoms with Gasteiger partial charge in [0.2, 0.25) is 0 Å². The number of aliphatic hydroxyl groups is 1. The fraction of sp³-hybridized carbons (Fsp3) is 0.950. The van der Waals surface area contributed by atoms with Gasteiger partial charge >= 0.3 is 11.9 Å². The van der Waals surface area contributed by atoms with Crippen LogP contribution in [0.15, 0.2) is 0 Å². The number of unbranched alkanes of at least 4 members (excludes halogenated alkanes) is 23. The van der Waals surface area contributed by atoms with Crippen LogP contribution in [0.4, 0.5) is 0 Å². The van der Waals surface area contributed by atoms with Gasteiger partial charge in [-0.2, -0.15) is 0 Å². The number of ether oxygens (including phenoxy) is 2. The fourth-order valence-electron chi connectivity index (χ4n) is 5.98. The Morgan fingerprint density at radius 1 is 0.444 bits per heavy atom. The minimum Gasteiger partial charge on any atom is -0.462 e. The Morgan fingerprint density at radius 2 is 0.733 bits per heavy atom. The molecule has 0 aliphatic carbocycles. The summed E-state index contributed by atoms with van der Waals surface area (Å²) in [5.41, 5.74) is 0. The van der Waals surface area contributed by atoms with Crippen LogP contribution >= 0.6 is 0 Å². The van der Waals surface area contributed by atoms with Gasteiger partial charge in [0.05, 0.1) is 6.61 Å². The molecule has 0 saturated carbocycles. The van der Waals surface area contributed by atoms with Crippen molar-refractivity contribution in [3.63, 3.8) is 0 Å². The van der Waals surface area contributed by atoms with Gasteiger partial charge in [-0.1, -0.05) is 188 Å². The standard InChI is InChI=1S/C40H78O5/c1-36(2)30-26-22-18-14-10-8-6-5-7-9-11-17-21-25-29-33-40(43)45-38(34-41)35-44-39(42)32-28-24-20-16-13-12-15-19-23-27-31-37(3)4/h36-38,41H,5-35H2,1-4H3/t38-/m0/s1. The third-order valence-corrected chi connectivity index (χ3v) is 9.01. The Bertz CT molecular complexity index is 632. The second-order valence-corrected chi connectivity index (χ2v) is 14.7. The topological polar surface area (TPSA) is 72.8 Å². The number of esters is 2. The summed E-state index contributed by atoms with van der Waals surface area (Å²) in [5.74, 6) is 1.10. The maximum Gasteiger partial charge on any atom is 0.306 e. The molecule has 1 atom stereocenters. The van der Waals surface area contributed by atoms with Crippen LogP contribution in [-0.2, 0) is 19.1 Å². The normalized spacial score (nSPS) is 12.2. The second kappa shape index (κ2) is 34.2. The van der Waals surface area contributed by atoms with Crippen molar-refractivity contribution >= 4 is 11.9 Å². The minimum absolute atomic E-state index is 0.0588. The largest absolute Gasteiger partial charge is 0.462 e. The van der Waals surface area contributed by atoms with Gasteiger partial charge < -0.3 is 14.6 Å². The number of hydrogen-bond donors (Lipinski definition) is 1. The molecular formula is C40H78O5. The van der Waals surface area contributed by atoms with Gasteiger partial charge in [0, 0.05) is 12.8 Å². The minimum atomic E-state index is -0.762. The molecule has 268 valence electrons. The summed E-state index contributed by atoms with van der Waals surface area (Å²) < 4.78 is 10.6. The highest BCUT2D eigenvalue weighted by molar-refractivity contribution is 5.70. The van der Waals surface area contributed by atoms with Crippen molar-refractivity contribution in [3.8, 4) is 0 Å². The molecule has 0 aliphatic rings. The van der Waals surface area contributed by atoms with Crippen molar-refractivity contribution < 1.29 is 24.2 Å². The van der Waals surface area contributed by atoms with Crippen molar-refractivity contribution in [3.05, 3.63) is 0 Å². The van der Waals surface area contributed by atoms with Crippen molar-refractivity contribution in [2.75, 3.05) is 13.2 Å². The van der Waals surface area contributed by atoms with E-state index in [0.717, 1.165) is 50.4 Å². The predicted octanol–water partition coefficient (Wildman–Crippen LogP) is 12.1. The molecule has 45 heavy (non-hydrogen) atoms. The molecule has 0 aliphatic heterocycles. The maximum atomic E-state index is 12.2. The molecule has 0 bridgehead atoms. The highest BCUT2D eigenvalue weighted by Gasteiger charge is 2.16. The molecule has 0 saturated heterocycles. The van der Waals surface area contributed by atoms with E-state index >= 15 is 0 Å². The first-order chi connectivity index (χ1) is 21.8. The van der Waals surface area contributed by atoms with Gasteiger partial charge in [0.1, 0.15) is 6.61 Å². The molecule has 0 aromatic heterocycles. The first-order valence-electron chi connectivity index (χ1n) is 19.8. The molecule has 1 N–H and O–H groups in total. The lowest BCUT2D eigenvalue weighted by Crippen LogP contribution is -2.28. The van der Waals surface area contributed by atoms with Crippen LogP contribution in [0, 0.1) is 11.8 Å². The van der Waals surface area contributed by atoms with Crippen molar-refractivity contribution in [2.24, 2.45) is 11.8 Å². The molecule has 0 radical (unpaired) electrons. The molecule has 0 spiro atoms. The zero-order chi connectivity index (χ0) is 33.2. The van der Waals surface area contributed by atoms with Crippen molar-refractivity contribution in [1.29, 1.82) is 0 Å². The Kier molecular flexibility index (Phi) is 33.4. The van der Waals surface area contributed by atoms with Gasteiger partial charge in [-0.15, -0.1) is 0 Å². The molecule has 0 amide bonds. The molecule has 0 rings (SSSR count). The van der Waals surface area contributed by atoms with Gasteiger partial charge in [0.15, 0.2) is 6.10 Å². The van der Waals surface area contributed by atoms with Gasteiger partial charge in [-0.25, -0.2) is 0 Å². The van der Waals surface area contributed by atoms with E-state index < -0.39 is 6.10 Å². The number of carbonyl (C=O) groups is 2. The van der Waals surface area contributed by atoms with E-state index in [4.69, 9.17) is 9.47 Å². The third-order valence-electron chi connectivity index (χ3n) is 9.01. The Hall–Kier alpha value is -1.10. The van der Waals surface area contributed by atoms with Crippen LogP contribution in [0.5, 0.6) is 0 Å². The Labute approximate surface area is 280 Å². The van der Waals surface area contributed by atoms with E-state index in [2.05, 4.69) is 27.7 Å². The molecule has 5 nitrogen and oxygen atoms in total. The molecule has 0 heterocycles. The number of carbonyl (C=O) groups excluding carboxylic acids is 2. The summed E-state index contributed by atoms with van der Waals surface area (Å²) in [6.07, 6.45) is 34.5. The first-order valence-corrected chi connectivity index (χ1v) is 19.8. The zero-order valence-electron chi connectivity index (χ0n) is 30.7. The summed E-state index contributed by atoms with van der Waals surface area (Å²) in [4.78, 5) is 24.2. The average Bonchev–Trinajstić information content (AvgIpc) is 3.00. The molecule has 0 fully saturated rings. The number of hydrogen-bond acceptors (Lipinski definition) is 5. The monoisotopic (exact) mass is 639 g/mol. The lowest BCUT2D eigenvalue weighted by atomic mass is 10.0. The molecule has 0 unspecified atom stereocenters. The van der Waals surface area contributed by atoms with Crippen LogP contribution in [0.2, 0.25) is 0 Å². The summed E-state index contributed by atoms with van der Waals surface area (Å²) in [6.45, 7) is 8.85. The number of aliphatic hydroxyl groups excluding tert-OH is 1. The zero-order valence-corrected chi connectivity index (χ0v) is 30.7. The van der Waals surface area contributed by atoms with Crippen LogP contribution in [0.3, 0.4) is 0 Å². The highest BCUT2D eigenvalue weighted by atomic mass is 16.6.